The third kappa shape index (κ3) is 7.73. The van der Waals surface area contributed by atoms with Gasteiger partial charge in [0.2, 0.25) is 0 Å². The summed E-state index contributed by atoms with van der Waals surface area (Å²) in [6, 6.07) is 5.46. The first-order chi connectivity index (χ1) is 13.3. The first-order valence-electron chi connectivity index (χ1n) is 11.1. The van der Waals surface area contributed by atoms with E-state index in [1.807, 2.05) is 12.1 Å². The number of hydrogen-bond donors (Lipinski definition) is 1. The number of fused-ring (bicyclic) bond motifs is 1. The number of aryl methyl sites for hydroxylation is 1. The summed E-state index contributed by atoms with van der Waals surface area (Å²) in [6.45, 7) is 11.2. The molecular weight excluding hydrogens is 344 g/mol. The molecule has 1 aliphatic rings. The van der Waals surface area contributed by atoms with Crippen LogP contribution in [0.2, 0.25) is 0 Å². The molecule has 2 rings (SSSR count). The van der Waals surface area contributed by atoms with Crippen LogP contribution in [0.15, 0.2) is 41.5 Å². The number of phenols is 1. The molecule has 1 aromatic rings. The van der Waals surface area contributed by atoms with Crippen LogP contribution < -0.4 is 4.74 Å². The van der Waals surface area contributed by atoms with Crippen LogP contribution in [0.25, 0.3) is 0 Å². The van der Waals surface area contributed by atoms with E-state index in [1.165, 1.54) is 43.3 Å². The Kier molecular flexibility index (Phi) is 8.66. The van der Waals surface area contributed by atoms with Crippen LogP contribution in [-0.2, 0) is 6.42 Å². The fraction of sp³-hybridized carbons (Fsp3) is 0.615. The zero-order chi connectivity index (χ0) is 20.6. The second kappa shape index (κ2) is 10.7. The highest BCUT2D eigenvalue weighted by Gasteiger charge is 2.30. The maximum atomic E-state index is 9.62. The molecule has 0 amide bonds. The summed E-state index contributed by atoms with van der Waals surface area (Å²) in [5, 5.41) is 9.62. The van der Waals surface area contributed by atoms with Gasteiger partial charge in [-0.05, 0) is 109 Å². The fourth-order valence-electron chi connectivity index (χ4n) is 4.01. The van der Waals surface area contributed by atoms with Crippen LogP contribution in [0.3, 0.4) is 0 Å². The van der Waals surface area contributed by atoms with Crippen molar-refractivity contribution in [3.63, 3.8) is 0 Å². The Morgan fingerprint density at radius 1 is 1.18 bits per heavy atom. The summed E-state index contributed by atoms with van der Waals surface area (Å²) in [5.74, 6) is 2.09. The lowest BCUT2D eigenvalue weighted by Crippen LogP contribution is -2.36. The van der Waals surface area contributed by atoms with Gasteiger partial charge in [0.05, 0.1) is 0 Å². The Morgan fingerprint density at radius 3 is 2.71 bits per heavy atom. The molecule has 0 spiro atoms. The first-order valence-corrected chi connectivity index (χ1v) is 11.1. The van der Waals surface area contributed by atoms with E-state index in [9.17, 15) is 5.11 Å². The molecule has 156 valence electrons. The number of allylic oxidation sites excluding steroid dienone is 4. The highest BCUT2D eigenvalue weighted by atomic mass is 16.5. The number of phenolic OH excluding ortho intramolecular Hbond substituents is 1. The highest BCUT2D eigenvalue weighted by molar-refractivity contribution is 5.41. The van der Waals surface area contributed by atoms with Crippen molar-refractivity contribution >= 4 is 0 Å². The topological polar surface area (TPSA) is 29.5 Å². The molecule has 2 heteroatoms. The number of ether oxygens (including phenoxy) is 1. The molecule has 1 heterocycles. The summed E-state index contributed by atoms with van der Waals surface area (Å²) < 4.78 is 6.28. The molecule has 2 atom stereocenters. The van der Waals surface area contributed by atoms with Gasteiger partial charge in [-0.15, -0.1) is 0 Å². The van der Waals surface area contributed by atoms with Crippen LogP contribution in [0.4, 0.5) is 0 Å². The summed E-state index contributed by atoms with van der Waals surface area (Å²) >= 11 is 0. The summed E-state index contributed by atoms with van der Waals surface area (Å²) in [6.07, 6.45) is 15.2. The lowest BCUT2D eigenvalue weighted by Gasteiger charge is -2.35. The molecule has 0 bridgehead atoms. The van der Waals surface area contributed by atoms with Gasteiger partial charge in [-0.2, -0.15) is 0 Å². The van der Waals surface area contributed by atoms with E-state index in [0.29, 0.717) is 5.75 Å². The quantitative estimate of drug-likeness (QED) is 0.418. The van der Waals surface area contributed by atoms with Gasteiger partial charge in [0, 0.05) is 0 Å². The van der Waals surface area contributed by atoms with Gasteiger partial charge in [0.25, 0.3) is 0 Å². The first kappa shape index (κ1) is 22.6. The molecule has 0 saturated heterocycles. The monoisotopic (exact) mass is 384 g/mol. The zero-order valence-corrected chi connectivity index (χ0v) is 18.7. The largest absolute Gasteiger partial charge is 0.508 e. The molecule has 2 unspecified atom stereocenters. The fourth-order valence-corrected chi connectivity index (χ4v) is 4.01. The molecule has 28 heavy (non-hydrogen) atoms. The third-order valence-corrected chi connectivity index (χ3v) is 5.97. The second-order valence-electron chi connectivity index (χ2n) is 9.29. The van der Waals surface area contributed by atoms with Crippen LogP contribution >= 0.6 is 0 Å². The Labute approximate surface area is 172 Å². The minimum Gasteiger partial charge on any atom is -0.508 e. The minimum atomic E-state index is -0.0970. The molecule has 0 fully saturated rings. The van der Waals surface area contributed by atoms with Crippen LogP contribution in [0.5, 0.6) is 11.5 Å². The zero-order valence-electron chi connectivity index (χ0n) is 18.7. The van der Waals surface area contributed by atoms with Crippen molar-refractivity contribution in [2.24, 2.45) is 5.92 Å². The van der Waals surface area contributed by atoms with E-state index >= 15 is 0 Å². The molecule has 1 aliphatic heterocycles. The van der Waals surface area contributed by atoms with Crippen molar-refractivity contribution in [1.29, 1.82) is 0 Å². The number of aromatic hydroxyl groups is 1. The molecule has 1 aromatic carbocycles. The number of benzene rings is 1. The number of rotatable bonds is 10. The maximum Gasteiger partial charge on any atom is 0.123 e. The second-order valence-corrected chi connectivity index (χ2v) is 9.29. The van der Waals surface area contributed by atoms with Crippen molar-refractivity contribution in [2.75, 3.05) is 0 Å². The van der Waals surface area contributed by atoms with E-state index in [0.717, 1.165) is 42.9 Å². The molecular formula is C26H40O2. The summed E-state index contributed by atoms with van der Waals surface area (Å²) in [7, 11) is 0. The Bertz CT molecular complexity index is 682. The Morgan fingerprint density at radius 2 is 1.96 bits per heavy atom. The van der Waals surface area contributed by atoms with Crippen molar-refractivity contribution in [2.45, 2.75) is 98.0 Å². The third-order valence-electron chi connectivity index (χ3n) is 5.97. The average Bonchev–Trinajstić information content (AvgIpc) is 2.61. The molecule has 0 aromatic heterocycles. The summed E-state index contributed by atoms with van der Waals surface area (Å²) in [4.78, 5) is 0. The van der Waals surface area contributed by atoms with Crippen molar-refractivity contribution < 1.29 is 9.84 Å². The average molecular weight is 385 g/mol. The molecule has 2 nitrogen and oxygen atoms in total. The predicted octanol–water partition coefficient (Wildman–Crippen LogP) is 7.76. The van der Waals surface area contributed by atoms with Crippen molar-refractivity contribution in [1.82, 2.24) is 0 Å². The summed E-state index contributed by atoms with van der Waals surface area (Å²) in [5.41, 5.74) is 3.98. The Balaban J connectivity index is 1.69. The Hall–Kier alpha value is -1.70. The van der Waals surface area contributed by atoms with E-state index in [4.69, 9.17) is 4.74 Å². The predicted molar refractivity (Wildman–Crippen MR) is 120 cm³/mol. The van der Waals surface area contributed by atoms with Gasteiger partial charge in [-0.1, -0.05) is 36.6 Å². The van der Waals surface area contributed by atoms with Gasteiger partial charge < -0.3 is 9.84 Å². The molecule has 0 radical (unpaired) electrons. The van der Waals surface area contributed by atoms with Gasteiger partial charge in [0.1, 0.15) is 17.1 Å². The van der Waals surface area contributed by atoms with E-state index < -0.39 is 0 Å². The molecule has 0 saturated carbocycles. The maximum absolute atomic E-state index is 9.62. The molecule has 1 N–H and O–H groups in total. The SMILES string of the molecule is CC(C)=CCCC(C)CCC/C(C)=C/CCC1(C)CCc2cc(O)ccc2O1. The van der Waals surface area contributed by atoms with E-state index in [2.05, 4.69) is 46.8 Å². The smallest absolute Gasteiger partial charge is 0.123 e. The standard InChI is InChI=1S/C26H40O2/c1-20(2)9-6-10-21(3)11-7-12-22(4)13-8-17-26(5)18-16-23-19-24(27)14-15-25(23)28-26/h9,13-15,19,21,27H,6-8,10-12,16-18H2,1-5H3/b22-13+. The van der Waals surface area contributed by atoms with Gasteiger partial charge in [-0.25, -0.2) is 0 Å². The minimum absolute atomic E-state index is 0.0970. The van der Waals surface area contributed by atoms with E-state index in [1.54, 1.807) is 6.07 Å². The van der Waals surface area contributed by atoms with Crippen LogP contribution in [-0.4, -0.2) is 10.7 Å². The molecule has 0 aliphatic carbocycles. The number of hydrogen-bond acceptors (Lipinski definition) is 2. The highest BCUT2D eigenvalue weighted by Crippen LogP contribution is 2.37. The lowest BCUT2D eigenvalue weighted by molar-refractivity contribution is 0.0570. The van der Waals surface area contributed by atoms with Crippen LogP contribution in [0, 0.1) is 5.92 Å². The van der Waals surface area contributed by atoms with Gasteiger partial charge in [0.15, 0.2) is 0 Å². The van der Waals surface area contributed by atoms with Gasteiger partial charge >= 0.3 is 0 Å². The van der Waals surface area contributed by atoms with Crippen molar-refractivity contribution in [3.05, 3.63) is 47.1 Å². The van der Waals surface area contributed by atoms with Gasteiger partial charge in [-0.3, -0.25) is 0 Å². The van der Waals surface area contributed by atoms with E-state index in [-0.39, 0.29) is 5.60 Å². The normalized spacial score (nSPS) is 20.2. The lowest BCUT2D eigenvalue weighted by atomic mass is 9.88. The van der Waals surface area contributed by atoms with Crippen LogP contribution in [0.1, 0.15) is 91.5 Å². The van der Waals surface area contributed by atoms with Crippen molar-refractivity contribution in [3.8, 4) is 11.5 Å².